The molecule has 156 valence electrons. The lowest BCUT2D eigenvalue weighted by atomic mass is 10.1. The number of rotatable bonds is 5. The van der Waals surface area contributed by atoms with E-state index in [0.717, 1.165) is 0 Å². The van der Waals surface area contributed by atoms with Gasteiger partial charge in [0.05, 0.1) is 5.69 Å². The quantitative estimate of drug-likeness (QED) is 0.778. The standard InChI is InChI=1S/C21H21N3O6/c1-2-24(21(27)13-3-5-15-17(9-13)30-12-20(26)23-15)11-19(25)22-14-4-6-16-18(10-14)29-8-7-28-16/h3-6,9-10H,2,7-8,11-12H2,1H3,(H,22,25)(H,23,26). The molecule has 4 rings (SSSR count). The lowest BCUT2D eigenvalue weighted by Crippen LogP contribution is -2.38. The number of nitrogens with zero attached hydrogens (tertiary/aromatic N) is 1. The third-order valence-corrected chi connectivity index (χ3v) is 4.69. The van der Waals surface area contributed by atoms with Crippen molar-refractivity contribution in [3.63, 3.8) is 0 Å². The van der Waals surface area contributed by atoms with Crippen molar-refractivity contribution in [3.8, 4) is 17.2 Å². The van der Waals surface area contributed by atoms with Crippen LogP contribution in [0, 0.1) is 0 Å². The molecule has 0 fully saturated rings. The number of hydrogen-bond donors (Lipinski definition) is 2. The van der Waals surface area contributed by atoms with Crippen molar-refractivity contribution >= 4 is 29.1 Å². The zero-order valence-electron chi connectivity index (χ0n) is 16.4. The smallest absolute Gasteiger partial charge is 0.262 e. The Hall–Kier alpha value is -3.75. The SMILES string of the molecule is CCN(CC(=O)Nc1ccc2c(c1)OCCO2)C(=O)c1ccc2c(c1)OCC(=O)N2. The Morgan fingerprint density at radius 2 is 1.83 bits per heavy atom. The number of ether oxygens (including phenoxy) is 3. The number of anilines is 2. The summed E-state index contributed by atoms with van der Waals surface area (Å²) in [7, 11) is 0. The van der Waals surface area contributed by atoms with Crippen LogP contribution in [0.4, 0.5) is 11.4 Å². The molecule has 0 aromatic heterocycles. The van der Waals surface area contributed by atoms with Crippen LogP contribution < -0.4 is 24.8 Å². The second-order valence-corrected chi connectivity index (χ2v) is 6.77. The maximum atomic E-state index is 12.9. The van der Waals surface area contributed by atoms with Gasteiger partial charge in [0.1, 0.15) is 25.5 Å². The molecule has 2 aromatic carbocycles. The Kier molecular flexibility index (Phi) is 5.42. The highest BCUT2D eigenvalue weighted by atomic mass is 16.6. The minimum absolute atomic E-state index is 0.0971. The Balaban J connectivity index is 1.42. The zero-order chi connectivity index (χ0) is 21.1. The molecular formula is C21H21N3O6. The molecule has 2 aliphatic rings. The molecule has 9 nitrogen and oxygen atoms in total. The fourth-order valence-corrected chi connectivity index (χ4v) is 3.21. The molecule has 0 saturated heterocycles. The van der Waals surface area contributed by atoms with Crippen LogP contribution in [0.2, 0.25) is 0 Å². The first kappa shape index (κ1) is 19.6. The molecule has 30 heavy (non-hydrogen) atoms. The summed E-state index contributed by atoms with van der Waals surface area (Å²) >= 11 is 0. The Labute approximate surface area is 172 Å². The van der Waals surface area contributed by atoms with Gasteiger partial charge in [-0.05, 0) is 37.3 Å². The number of amides is 3. The molecule has 3 amide bonds. The van der Waals surface area contributed by atoms with Crippen LogP contribution in [0.3, 0.4) is 0 Å². The van der Waals surface area contributed by atoms with Gasteiger partial charge in [0.15, 0.2) is 18.1 Å². The molecule has 9 heteroatoms. The normalized spacial score (nSPS) is 14.1. The molecule has 0 spiro atoms. The first-order chi connectivity index (χ1) is 14.5. The van der Waals surface area contributed by atoms with Crippen molar-refractivity contribution < 1.29 is 28.6 Å². The Bertz CT molecular complexity index is 1010. The number of hydrogen-bond acceptors (Lipinski definition) is 6. The van der Waals surface area contributed by atoms with Crippen molar-refractivity contribution in [1.29, 1.82) is 0 Å². The van der Waals surface area contributed by atoms with Crippen molar-refractivity contribution in [1.82, 2.24) is 4.90 Å². The van der Waals surface area contributed by atoms with Crippen molar-refractivity contribution in [2.24, 2.45) is 0 Å². The fraction of sp³-hybridized carbons (Fsp3) is 0.286. The molecule has 0 unspecified atom stereocenters. The third kappa shape index (κ3) is 4.14. The van der Waals surface area contributed by atoms with Gasteiger partial charge in [-0.2, -0.15) is 0 Å². The van der Waals surface area contributed by atoms with Crippen LogP contribution in [-0.2, 0) is 9.59 Å². The molecule has 2 N–H and O–H groups in total. The molecule has 2 heterocycles. The second kappa shape index (κ2) is 8.32. The first-order valence-electron chi connectivity index (χ1n) is 9.59. The van der Waals surface area contributed by atoms with Gasteiger partial charge in [-0.1, -0.05) is 0 Å². The number of fused-ring (bicyclic) bond motifs is 2. The van der Waals surface area contributed by atoms with Gasteiger partial charge in [-0.15, -0.1) is 0 Å². The van der Waals surface area contributed by atoms with Gasteiger partial charge in [0.2, 0.25) is 5.91 Å². The molecular weight excluding hydrogens is 390 g/mol. The number of carbonyl (C=O) groups is 3. The number of likely N-dealkylation sites (N-methyl/N-ethyl adjacent to an activating group) is 1. The first-order valence-corrected chi connectivity index (χ1v) is 9.59. The highest BCUT2D eigenvalue weighted by molar-refractivity contribution is 6.01. The van der Waals surface area contributed by atoms with Crippen LogP contribution in [-0.4, -0.2) is 55.5 Å². The van der Waals surface area contributed by atoms with Gasteiger partial charge < -0.3 is 29.7 Å². The van der Waals surface area contributed by atoms with Gasteiger partial charge in [-0.25, -0.2) is 0 Å². The average molecular weight is 411 g/mol. The minimum Gasteiger partial charge on any atom is -0.486 e. The van der Waals surface area contributed by atoms with Gasteiger partial charge in [0, 0.05) is 23.9 Å². The summed E-state index contributed by atoms with van der Waals surface area (Å²) in [5.41, 5.74) is 1.45. The van der Waals surface area contributed by atoms with E-state index in [1.807, 2.05) is 0 Å². The summed E-state index contributed by atoms with van der Waals surface area (Å²) in [6.07, 6.45) is 0. The predicted molar refractivity (Wildman–Crippen MR) is 108 cm³/mol. The Morgan fingerprint density at radius 3 is 2.63 bits per heavy atom. The monoisotopic (exact) mass is 411 g/mol. The van der Waals surface area contributed by atoms with Crippen molar-refractivity contribution in [3.05, 3.63) is 42.0 Å². The second-order valence-electron chi connectivity index (χ2n) is 6.77. The van der Waals surface area contributed by atoms with E-state index in [9.17, 15) is 14.4 Å². The molecule has 0 aliphatic carbocycles. The third-order valence-electron chi connectivity index (χ3n) is 4.69. The molecule has 0 bridgehead atoms. The summed E-state index contributed by atoms with van der Waals surface area (Å²) < 4.78 is 16.3. The van der Waals surface area contributed by atoms with Crippen molar-refractivity contribution in [2.75, 3.05) is 43.5 Å². The zero-order valence-corrected chi connectivity index (χ0v) is 16.4. The fourth-order valence-electron chi connectivity index (χ4n) is 3.21. The van der Waals surface area contributed by atoms with E-state index in [0.29, 0.717) is 53.9 Å². The minimum atomic E-state index is -0.330. The molecule has 0 saturated carbocycles. The molecule has 2 aliphatic heterocycles. The van der Waals surface area contributed by atoms with Crippen LogP contribution in [0.5, 0.6) is 17.2 Å². The summed E-state index contributed by atoms with van der Waals surface area (Å²) in [5, 5.41) is 5.46. The molecule has 2 aromatic rings. The van der Waals surface area contributed by atoms with E-state index in [4.69, 9.17) is 14.2 Å². The Morgan fingerprint density at radius 1 is 1.03 bits per heavy atom. The summed E-state index contributed by atoms with van der Waals surface area (Å²) in [5.74, 6) is 0.755. The average Bonchev–Trinajstić information content (AvgIpc) is 2.76. The van der Waals surface area contributed by atoms with Crippen LogP contribution in [0.25, 0.3) is 0 Å². The summed E-state index contributed by atoms with van der Waals surface area (Å²) in [6, 6.07) is 9.93. The van der Waals surface area contributed by atoms with E-state index in [1.165, 1.54) is 4.90 Å². The predicted octanol–water partition coefficient (Wildman–Crippen LogP) is 1.89. The summed E-state index contributed by atoms with van der Waals surface area (Å²) in [4.78, 5) is 38.2. The van der Waals surface area contributed by atoms with Crippen molar-refractivity contribution in [2.45, 2.75) is 6.92 Å². The number of benzene rings is 2. The van der Waals surface area contributed by atoms with Crippen LogP contribution in [0.1, 0.15) is 17.3 Å². The van der Waals surface area contributed by atoms with E-state index in [-0.39, 0.29) is 30.9 Å². The van der Waals surface area contributed by atoms with E-state index in [2.05, 4.69) is 10.6 Å². The largest absolute Gasteiger partial charge is 0.486 e. The van der Waals surface area contributed by atoms with E-state index >= 15 is 0 Å². The maximum absolute atomic E-state index is 12.9. The van der Waals surface area contributed by atoms with Gasteiger partial charge >= 0.3 is 0 Å². The topological polar surface area (TPSA) is 106 Å². The highest BCUT2D eigenvalue weighted by Gasteiger charge is 2.22. The lowest BCUT2D eigenvalue weighted by molar-refractivity contribution is -0.118. The summed E-state index contributed by atoms with van der Waals surface area (Å²) in [6.45, 7) is 2.88. The van der Waals surface area contributed by atoms with Gasteiger partial charge in [-0.3, -0.25) is 14.4 Å². The van der Waals surface area contributed by atoms with Crippen LogP contribution >= 0.6 is 0 Å². The van der Waals surface area contributed by atoms with E-state index < -0.39 is 0 Å². The molecule has 0 atom stereocenters. The molecule has 0 radical (unpaired) electrons. The van der Waals surface area contributed by atoms with Gasteiger partial charge in [0.25, 0.3) is 11.8 Å². The van der Waals surface area contributed by atoms with E-state index in [1.54, 1.807) is 43.3 Å². The number of carbonyl (C=O) groups excluding carboxylic acids is 3. The van der Waals surface area contributed by atoms with Crippen LogP contribution in [0.15, 0.2) is 36.4 Å². The maximum Gasteiger partial charge on any atom is 0.262 e. The highest BCUT2D eigenvalue weighted by Crippen LogP contribution is 2.32. The lowest BCUT2D eigenvalue weighted by Gasteiger charge is -2.23. The number of nitrogens with one attached hydrogen (secondary N) is 2.